The van der Waals surface area contributed by atoms with Crippen LogP contribution in [0.1, 0.15) is 12.8 Å². The van der Waals surface area contributed by atoms with Gasteiger partial charge in [0.1, 0.15) is 11.0 Å². The summed E-state index contributed by atoms with van der Waals surface area (Å²) in [6, 6.07) is 6.45. The molecule has 1 N–H and O–H groups in total. The number of carbonyl (C=O) groups is 1. The van der Waals surface area contributed by atoms with Crippen LogP contribution in [0.3, 0.4) is 0 Å². The second-order valence-electron chi connectivity index (χ2n) is 5.50. The van der Waals surface area contributed by atoms with Crippen LogP contribution in [0.2, 0.25) is 0 Å². The third kappa shape index (κ3) is 3.55. The van der Waals surface area contributed by atoms with Gasteiger partial charge in [-0.25, -0.2) is 8.42 Å². The largest absolute Gasteiger partial charge is 0.379 e. The number of hydrogen-bond acceptors (Lipinski definition) is 5. The third-order valence-corrected chi connectivity index (χ3v) is 5.91. The maximum absolute atomic E-state index is 12.8. The summed E-state index contributed by atoms with van der Waals surface area (Å²) in [6.07, 6.45) is 0.991. The number of sulfonamides is 1. The van der Waals surface area contributed by atoms with E-state index in [9.17, 15) is 13.2 Å². The minimum atomic E-state index is -3.66. The van der Waals surface area contributed by atoms with Gasteiger partial charge in [0.25, 0.3) is 5.91 Å². The fraction of sp³-hybridized carbons (Fsp3) is 0.533. The number of rotatable bonds is 4. The smallest absolute Gasteiger partial charge is 0.253 e. The summed E-state index contributed by atoms with van der Waals surface area (Å²) >= 11 is 0. The summed E-state index contributed by atoms with van der Waals surface area (Å²) in [4.78, 5) is 12.3. The van der Waals surface area contributed by atoms with Crippen LogP contribution in [-0.2, 0) is 24.3 Å². The number of carbonyl (C=O) groups excluding carboxylic acids is 1. The van der Waals surface area contributed by atoms with E-state index in [1.54, 1.807) is 18.2 Å². The predicted molar refractivity (Wildman–Crippen MR) is 83.6 cm³/mol. The Kier molecular flexibility index (Phi) is 4.96. The van der Waals surface area contributed by atoms with E-state index in [4.69, 9.17) is 9.47 Å². The quantitative estimate of drug-likeness (QED) is 0.877. The first-order valence-electron chi connectivity index (χ1n) is 7.68. The minimum Gasteiger partial charge on any atom is -0.379 e. The highest BCUT2D eigenvalue weighted by Crippen LogP contribution is 2.26. The van der Waals surface area contributed by atoms with Crippen molar-refractivity contribution in [3.05, 3.63) is 24.3 Å². The van der Waals surface area contributed by atoms with Gasteiger partial charge in [-0.1, -0.05) is 12.1 Å². The first kappa shape index (κ1) is 16.4. The lowest BCUT2D eigenvalue weighted by atomic mass is 10.2. The number of benzene rings is 1. The molecule has 7 nitrogen and oxygen atoms in total. The van der Waals surface area contributed by atoms with Crippen LogP contribution in [0.25, 0.3) is 0 Å². The minimum absolute atomic E-state index is 0.105. The first-order chi connectivity index (χ1) is 11.1. The summed E-state index contributed by atoms with van der Waals surface area (Å²) in [5.74, 6) is -0.299. The molecule has 1 atom stereocenters. The second-order valence-corrected chi connectivity index (χ2v) is 7.41. The van der Waals surface area contributed by atoms with Crippen molar-refractivity contribution in [3.8, 4) is 0 Å². The molecule has 1 aromatic rings. The Morgan fingerprint density at radius 1 is 1.17 bits per heavy atom. The zero-order valence-electron chi connectivity index (χ0n) is 12.7. The van der Waals surface area contributed by atoms with E-state index < -0.39 is 16.1 Å². The number of nitrogens with zero attached hydrogens (tertiary/aromatic N) is 1. The van der Waals surface area contributed by atoms with E-state index in [1.165, 1.54) is 10.4 Å². The fourth-order valence-corrected chi connectivity index (χ4v) is 4.27. The van der Waals surface area contributed by atoms with Crippen molar-refractivity contribution >= 4 is 21.6 Å². The van der Waals surface area contributed by atoms with Gasteiger partial charge in [-0.2, -0.15) is 4.31 Å². The number of nitrogens with one attached hydrogen (secondary N) is 1. The Morgan fingerprint density at radius 3 is 2.61 bits per heavy atom. The second kappa shape index (κ2) is 6.96. The topological polar surface area (TPSA) is 84.9 Å². The number of anilines is 1. The highest BCUT2D eigenvalue weighted by Gasteiger charge is 2.30. The lowest BCUT2D eigenvalue weighted by molar-refractivity contribution is -0.124. The maximum atomic E-state index is 12.8. The summed E-state index contributed by atoms with van der Waals surface area (Å²) in [6.45, 7) is 1.95. The molecule has 1 unspecified atom stereocenters. The molecule has 0 radical (unpaired) electrons. The Balaban J connectivity index is 1.83. The normalized spacial score (nSPS) is 22.9. The van der Waals surface area contributed by atoms with Crippen LogP contribution in [0.5, 0.6) is 0 Å². The van der Waals surface area contributed by atoms with Crippen LogP contribution < -0.4 is 5.32 Å². The molecular weight excluding hydrogens is 320 g/mol. The average Bonchev–Trinajstić information content (AvgIpc) is 3.11. The zero-order chi connectivity index (χ0) is 16.3. The van der Waals surface area contributed by atoms with Gasteiger partial charge in [0.2, 0.25) is 10.0 Å². The van der Waals surface area contributed by atoms with E-state index in [-0.39, 0.29) is 10.8 Å². The standard InChI is InChI=1S/C15H20N2O5S/c18-15(13-5-3-9-22-13)16-12-4-1-2-6-14(12)23(19,20)17-7-10-21-11-8-17/h1-2,4,6,13H,3,5,7-11H2,(H,16,18). The van der Waals surface area contributed by atoms with Crippen LogP contribution in [0.15, 0.2) is 29.2 Å². The van der Waals surface area contributed by atoms with Crippen LogP contribution in [-0.4, -0.2) is 57.6 Å². The van der Waals surface area contributed by atoms with Gasteiger partial charge in [-0.15, -0.1) is 0 Å². The van der Waals surface area contributed by atoms with Crippen molar-refractivity contribution < 1.29 is 22.7 Å². The number of para-hydroxylation sites is 1. The van der Waals surface area contributed by atoms with E-state index in [2.05, 4.69) is 5.32 Å². The molecule has 0 spiro atoms. The highest BCUT2D eigenvalue weighted by atomic mass is 32.2. The van der Waals surface area contributed by atoms with Crippen molar-refractivity contribution in [3.63, 3.8) is 0 Å². The van der Waals surface area contributed by atoms with Crippen molar-refractivity contribution in [2.45, 2.75) is 23.8 Å². The van der Waals surface area contributed by atoms with Gasteiger partial charge in [0.05, 0.1) is 18.9 Å². The van der Waals surface area contributed by atoms with Crippen LogP contribution in [0, 0.1) is 0 Å². The number of amides is 1. The Morgan fingerprint density at radius 2 is 1.91 bits per heavy atom. The average molecular weight is 340 g/mol. The van der Waals surface area contributed by atoms with Crippen molar-refractivity contribution in [1.29, 1.82) is 0 Å². The molecule has 2 aliphatic heterocycles. The molecular formula is C15H20N2O5S. The van der Waals surface area contributed by atoms with Gasteiger partial charge in [-0.3, -0.25) is 4.79 Å². The summed E-state index contributed by atoms with van der Waals surface area (Å²) in [5, 5.41) is 2.70. The van der Waals surface area contributed by atoms with E-state index >= 15 is 0 Å². The lowest BCUT2D eigenvalue weighted by Crippen LogP contribution is -2.41. The molecule has 0 saturated carbocycles. The lowest BCUT2D eigenvalue weighted by Gasteiger charge is -2.27. The molecule has 0 bridgehead atoms. The van der Waals surface area contributed by atoms with E-state index in [0.717, 1.165) is 6.42 Å². The fourth-order valence-electron chi connectivity index (χ4n) is 2.72. The number of hydrogen-bond donors (Lipinski definition) is 1. The molecule has 2 aliphatic rings. The summed E-state index contributed by atoms with van der Waals surface area (Å²) < 4.78 is 37.5. The monoisotopic (exact) mass is 340 g/mol. The molecule has 0 aromatic heterocycles. The van der Waals surface area contributed by atoms with Gasteiger partial charge in [0.15, 0.2) is 0 Å². The molecule has 23 heavy (non-hydrogen) atoms. The molecule has 2 fully saturated rings. The number of morpholine rings is 1. The van der Waals surface area contributed by atoms with Gasteiger partial charge >= 0.3 is 0 Å². The molecule has 126 valence electrons. The van der Waals surface area contributed by atoms with E-state index in [0.29, 0.717) is 45.0 Å². The van der Waals surface area contributed by atoms with Crippen molar-refractivity contribution in [1.82, 2.24) is 4.31 Å². The molecule has 1 amide bonds. The van der Waals surface area contributed by atoms with Crippen LogP contribution in [0.4, 0.5) is 5.69 Å². The molecule has 3 rings (SSSR count). The summed E-state index contributed by atoms with van der Waals surface area (Å²) in [5.41, 5.74) is 0.291. The Labute approximate surface area is 135 Å². The maximum Gasteiger partial charge on any atom is 0.253 e. The number of ether oxygens (including phenoxy) is 2. The highest BCUT2D eigenvalue weighted by molar-refractivity contribution is 7.89. The predicted octanol–water partition coefficient (Wildman–Crippen LogP) is 0.825. The molecule has 0 aliphatic carbocycles. The van der Waals surface area contributed by atoms with Crippen LogP contribution >= 0.6 is 0 Å². The SMILES string of the molecule is O=C(Nc1ccccc1S(=O)(=O)N1CCOCC1)C1CCCO1. The van der Waals surface area contributed by atoms with Crippen molar-refractivity contribution in [2.24, 2.45) is 0 Å². The third-order valence-electron chi connectivity index (χ3n) is 3.95. The Bertz CT molecular complexity index is 664. The molecule has 2 heterocycles. The zero-order valence-corrected chi connectivity index (χ0v) is 13.5. The van der Waals surface area contributed by atoms with Gasteiger partial charge < -0.3 is 14.8 Å². The van der Waals surface area contributed by atoms with Crippen molar-refractivity contribution in [2.75, 3.05) is 38.2 Å². The van der Waals surface area contributed by atoms with Gasteiger partial charge in [0, 0.05) is 19.7 Å². The van der Waals surface area contributed by atoms with Gasteiger partial charge in [-0.05, 0) is 25.0 Å². The molecule has 8 heteroatoms. The first-order valence-corrected chi connectivity index (χ1v) is 9.12. The Hall–Kier alpha value is -1.48. The van der Waals surface area contributed by atoms with E-state index in [1.807, 2.05) is 0 Å². The molecule has 2 saturated heterocycles. The molecule has 1 aromatic carbocycles. The summed E-state index contributed by atoms with van der Waals surface area (Å²) in [7, 11) is -3.66.